The molecule has 2 aliphatic rings. The number of piperidine rings is 1. The first-order valence-electron chi connectivity index (χ1n) is 10.1. The minimum atomic E-state index is 0.179. The van der Waals surface area contributed by atoms with Gasteiger partial charge in [0.2, 0.25) is 0 Å². The summed E-state index contributed by atoms with van der Waals surface area (Å²) in [6.45, 7) is 8.03. The molecule has 144 valence electrons. The fourth-order valence-electron chi connectivity index (χ4n) is 5.05. The van der Waals surface area contributed by atoms with Crippen LogP contribution in [0.25, 0.3) is 0 Å². The van der Waals surface area contributed by atoms with Crippen LogP contribution in [0, 0.1) is 13.8 Å². The molecular formula is C23H31N3O. The third-order valence-corrected chi connectivity index (χ3v) is 6.98. The Morgan fingerprint density at radius 2 is 1.85 bits per heavy atom. The average Bonchev–Trinajstić information content (AvgIpc) is 3.01. The van der Waals surface area contributed by atoms with E-state index < -0.39 is 0 Å². The highest BCUT2D eigenvalue weighted by Crippen LogP contribution is 2.44. The van der Waals surface area contributed by atoms with Gasteiger partial charge in [-0.05, 0) is 51.6 Å². The summed E-state index contributed by atoms with van der Waals surface area (Å²) in [4.78, 5) is 20.7. The van der Waals surface area contributed by atoms with Crippen LogP contribution < -0.4 is 5.43 Å². The van der Waals surface area contributed by atoms with Crippen molar-refractivity contribution >= 4 is 0 Å². The number of likely N-dealkylation sites (tertiary alicyclic amines) is 2. The molecule has 4 rings (SSSR count). The van der Waals surface area contributed by atoms with Crippen LogP contribution in [0.5, 0.6) is 0 Å². The molecule has 1 N–H and O–H groups in total. The maximum atomic E-state index is 12.2. The number of aryl methyl sites for hydroxylation is 1. The van der Waals surface area contributed by atoms with Crippen molar-refractivity contribution in [2.45, 2.75) is 51.1 Å². The number of likely N-dealkylation sites (N-methyl/N-ethyl adjacent to an activating group) is 1. The Morgan fingerprint density at radius 1 is 1.15 bits per heavy atom. The molecule has 3 heterocycles. The first-order valence-corrected chi connectivity index (χ1v) is 10.1. The van der Waals surface area contributed by atoms with Crippen LogP contribution in [0.3, 0.4) is 0 Å². The molecule has 1 atom stereocenters. The molecule has 0 amide bonds. The Hall–Kier alpha value is -1.91. The van der Waals surface area contributed by atoms with E-state index in [1.165, 1.54) is 24.8 Å². The van der Waals surface area contributed by atoms with Gasteiger partial charge in [-0.1, -0.05) is 30.3 Å². The van der Waals surface area contributed by atoms with Crippen LogP contribution in [-0.2, 0) is 6.54 Å². The van der Waals surface area contributed by atoms with Gasteiger partial charge in [0.05, 0.1) is 0 Å². The summed E-state index contributed by atoms with van der Waals surface area (Å²) in [5, 5.41) is 0. The molecule has 27 heavy (non-hydrogen) atoms. The molecule has 2 fully saturated rings. The van der Waals surface area contributed by atoms with Crippen molar-refractivity contribution in [1.82, 2.24) is 14.8 Å². The second kappa shape index (κ2) is 7.25. The van der Waals surface area contributed by atoms with Crippen LogP contribution in [0.4, 0.5) is 0 Å². The van der Waals surface area contributed by atoms with E-state index in [1.54, 1.807) is 0 Å². The lowest BCUT2D eigenvalue weighted by atomic mass is 9.81. The first kappa shape index (κ1) is 18.5. The van der Waals surface area contributed by atoms with E-state index in [2.05, 4.69) is 52.2 Å². The number of rotatable bonds is 3. The van der Waals surface area contributed by atoms with Crippen LogP contribution in [-0.4, -0.2) is 47.0 Å². The molecule has 4 heteroatoms. The number of hydrogen-bond acceptors (Lipinski definition) is 3. The predicted molar refractivity (Wildman–Crippen MR) is 110 cm³/mol. The number of aromatic amines is 1. The molecule has 2 aromatic rings. The monoisotopic (exact) mass is 365 g/mol. The minimum absolute atomic E-state index is 0.179. The number of pyridine rings is 1. The minimum Gasteiger partial charge on any atom is -0.363 e. The number of hydrogen-bond donors (Lipinski definition) is 1. The van der Waals surface area contributed by atoms with Crippen LogP contribution in [0.15, 0.2) is 41.3 Å². The summed E-state index contributed by atoms with van der Waals surface area (Å²) in [7, 11) is 2.31. The number of H-pyrrole nitrogens is 1. The van der Waals surface area contributed by atoms with Crippen molar-refractivity contribution in [2.24, 2.45) is 0 Å². The molecule has 0 radical (unpaired) electrons. The van der Waals surface area contributed by atoms with Gasteiger partial charge in [-0.3, -0.25) is 14.6 Å². The molecule has 1 aromatic carbocycles. The SMILES string of the molecule is Cc1c[nH]c(CN2CCC3(CC2)C[C@H](c2ccccc2)CN3C)c(C)c1=O. The van der Waals surface area contributed by atoms with Gasteiger partial charge in [0.1, 0.15) is 0 Å². The Bertz CT molecular complexity index is 850. The molecule has 0 saturated carbocycles. The van der Waals surface area contributed by atoms with Gasteiger partial charge in [0.25, 0.3) is 0 Å². The summed E-state index contributed by atoms with van der Waals surface area (Å²) in [6.07, 6.45) is 5.54. The van der Waals surface area contributed by atoms with Crippen molar-refractivity contribution in [3.05, 3.63) is 69.1 Å². The fraction of sp³-hybridized carbons (Fsp3) is 0.522. The third kappa shape index (κ3) is 3.48. The van der Waals surface area contributed by atoms with Crippen molar-refractivity contribution in [3.63, 3.8) is 0 Å². The van der Waals surface area contributed by atoms with Crippen LogP contribution in [0.2, 0.25) is 0 Å². The lowest BCUT2D eigenvalue weighted by molar-refractivity contribution is 0.0666. The van der Waals surface area contributed by atoms with Gasteiger partial charge in [0.15, 0.2) is 5.43 Å². The quantitative estimate of drug-likeness (QED) is 0.906. The van der Waals surface area contributed by atoms with Crippen molar-refractivity contribution in [2.75, 3.05) is 26.7 Å². The van der Waals surface area contributed by atoms with Gasteiger partial charge < -0.3 is 4.98 Å². The summed E-state index contributed by atoms with van der Waals surface area (Å²) in [5.41, 5.74) is 4.75. The summed E-state index contributed by atoms with van der Waals surface area (Å²) in [6, 6.07) is 11.0. The van der Waals surface area contributed by atoms with Gasteiger partial charge in [-0.15, -0.1) is 0 Å². The molecule has 2 saturated heterocycles. The standard InChI is InChI=1S/C23H31N3O/c1-17-14-24-21(18(2)22(17)27)16-26-11-9-23(10-12-26)13-20(15-25(23)3)19-7-5-4-6-8-19/h4-8,14,20H,9-13,15-16H2,1-3H3,(H,24,27)/t20-/m0/s1. The summed E-state index contributed by atoms with van der Waals surface area (Å²) < 4.78 is 0. The zero-order valence-electron chi connectivity index (χ0n) is 16.8. The lowest BCUT2D eigenvalue weighted by Gasteiger charge is -2.43. The maximum absolute atomic E-state index is 12.2. The smallest absolute Gasteiger partial charge is 0.187 e. The van der Waals surface area contributed by atoms with Crippen molar-refractivity contribution in [3.8, 4) is 0 Å². The Morgan fingerprint density at radius 3 is 2.56 bits per heavy atom. The molecule has 1 aromatic heterocycles. The van der Waals surface area contributed by atoms with E-state index >= 15 is 0 Å². The predicted octanol–water partition coefficient (Wildman–Crippen LogP) is 3.45. The molecule has 0 bridgehead atoms. The Balaban J connectivity index is 1.42. The first-order chi connectivity index (χ1) is 13.0. The molecule has 4 nitrogen and oxygen atoms in total. The molecule has 0 aliphatic carbocycles. The fourth-order valence-corrected chi connectivity index (χ4v) is 5.05. The van der Waals surface area contributed by atoms with E-state index in [-0.39, 0.29) is 5.43 Å². The third-order valence-electron chi connectivity index (χ3n) is 6.98. The Labute approximate surface area is 162 Å². The van der Waals surface area contributed by atoms with Gasteiger partial charge in [-0.2, -0.15) is 0 Å². The molecule has 1 spiro atoms. The van der Waals surface area contributed by atoms with Crippen molar-refractivity contribution < 1.29 is 0 Å². The zero-order valence-corrected chi connectivity index (χ0v) is 16.8. The van der Waals surface area contributed by atoms with E-state index in [4.69, 9.17) is 0 Å². The number of nitrogens with zero attached hydrogens (tertiary/aromatic N) is 2. The highest BCUT2D eigenvalue weighted by Gasteiger charge is 2.45. The van der Waals surface area contributed by atoms with Gasteiger partial charge in [0, 0.05) is 54.7 Å². The molecular weight excluding hydrogens is 334 g/mol. The highest BCUT2D eigenvalue weighted by molar-refractivity contribution is 5.25. The van der Waals surface area contributed by atoms with Crippen LogP contribution in [0.1, 0.15) is 47.6 Å². The summed E-state index contributed by atoms with van der Waals surface area (Å²) in [5.74, 6) is 0.651. The normalized spacial score (nSPS) is 23.1. The Kier molecular flexibility index (Phi) is 4.95. The number of benzene rings is 1. The molecule has 2 aliphatic heterocycles. The van der Waals surface area contributed by atoms with E-state index in [0.717, 1.165) is 43.0 Å². The van der Waals surface area contributed by atoms with Gasteiger partial charge in [-0.25, -0.2) is 0 Å². The van der Waals surface area contributed by atoms with Crippen LogP contribution >= 0.6 is 0 Å². The summed E-state index contributed by atoms with van der Waals surface area (Å²) >= 11 is 0. The second-order valence-electron chi connectivity index (χ2n) is 8.60. The maximum Gasteiger partial charge on any atom is 0.187 e. The van der Waals surface area contributed by atoms with E-state index in [0.29, 0.717) is 11.5 Å². The largest absolute Gasteiger partial charge is 0.363 e. The highest BCUT2D eigenvalue weighted by atomic mass is 16.1. The lowest BCUT2D eigenvalue weighted by Crippen LogP contribution is -2.50. The number of nitrogens with one attached hydrogen (secondary N) is 1. The van der Waals surface area contributed by atoms with E-state index in [9.17, 15) is 4.79 Å². The topological polar surface area (TPSA) is 39.3 Å². The zero-order chi connectivity index (χ0) is 19.0. The second-order valence-corrected chi connectivity index (χ2v) is 8.60. The van der Waals surface area contributed by atoms with E-state index in [1.807, 2.05) is 20.0 Å². The average molecular weight is 366 g/mol. The van der Waals surface area contributed by atoms with Gasteiger partial charge >= 0.3 is 0 Å². The number of aromatic nitrogens is 1. The molecule has 0 unspecified atom stereocenters. The van der Waals surface area contributed by atoms with Crippen molar-refractivity contribution in [1.29, 1.82) is 0 Å².